The van der Waals surface area contributed by atoms with Crippen molar-refractivity contribution in [2.45, 2.75) is 19.3 Å². The average Bonchev–Trinajstić information content (AvgIpc) is 3.07. The molecule has 0 spiro atoms. The summed E-state index contributed by atoms with van der Waals surface area (Å²) < 4.78 is 2.08. The largest absolute Gasteiger partial charge is 0.481 e. The molecule has 1 heterocycles. The molecule has 27 heavy (non-hydrogen) atoms. The summed E-state index contributed by atoms with van der Waals surface area (Å²) in [5.74, 6) is -2.10. The Labute approximate surface area is 156 Å². The lowest BCUT2D eigenvalue weighted by atomic mass is 9.87. The van der Waals surface area contributed by atoms with E-state index in [1.165, 1.54) is 0 Å². The standard InChI is InChI=1S/C22H19NO4/c24-21(25)15-7-4-8-18(12-15)23-19-10-9-16(22(26)27)11-17(19)13-20(23)14-5-2-1-3-6-14/h1-8,12-13,16H,9-11H2,(H,24,25)(H,26,27). The summed E-state index contributed by atoms with van der Waals surface area (Å²) in [6.45, 7) is 0. The number of aromatic nitrogens is 1. The third-order valence-electron chi connectivity index (χ3n) is 5.16. The molecule has 1 unspecified atom stereocenters. The number of hydrogen-bond donors (Lipinski definition) is 2. The molecule has 1 aliphatic rings. The van der Waals surface area contributed by atoms with Crippen molar-refractivity contribution in [1.82, 2.24) is 4.57 Å². The minimum Gasteiger partial charge on any atom is -0.481 e. The first-order chi connectivity index (χ1) is 13.0. The van der Waals surface area contributed by atoms with E-state index in [1.54, 1.807) is 18.2 Å². The Morgan fingerprint density at radius 1 is 0.963 bits per heavy atom. The summed E-state index contributed by atoms with van der Waals surface area (Å²) in [6.07, 6.45) is 1.73. The van der Waals surface area contributed by atoms with E-state index in [1.807, 2.05) is 42.5 Å². The highest BCUT2D eigenvalue weighted by Gasteiger charge is 2.28. The van der Waals surface area contributed by atoms with Gasteiger partial charge in [0.1, 0.15) is 0 Å². The molecule has 5 heteroatoms. The van der Waals surface area contributed by atoms with Gasteiger partial charge in [-0.15, -0.1) is 0 Å². The summed E-state index contributed by atoms with van der Waals surface area (Å²) in [6, 6.07) is 18.8. The van der Waals surface area contributed by atoms with Crippen LogP contribution in [0.1, 0.15) is 28.0 Å². The second-order valence-corrected chi connectivity index (χ2v) is 6.84. The Hall–Kier alpha value is -3.34. The molecule has 3 aromatic rings. The monoisotopic (exact) mass is 361 g/mol. The Bertz CT molecular complexity index is 1020. The highest BCUT2D eigenvalue weighted by Crippen LogP contribution is 2.35. The number of carboxylic acid groups (broad SMARTS) is 2. The third-order valence-corrected chi connectivity index (χ3v) is 5.16. The van der Waals surface area contributed by atoms with Crippen molar-refractivity contribution in [3.8, 4) is 16.9 Å². The fourth-order valence-corrected chi connectivity index (χ4v) is 3.83. The maximum absolute atomic E-state index is 11.4. The first-order valence-electron chi connectivity index (χ1n) is 8.90. The quantitative estimate of drug-likeness (QED) is 0.735. The zero-order valence-corrected chi connectivity index (χ0v) is 14.6. The molecule has 2 N–H and O–H groups in total. The molecule has 1 aromatic heterocycles. The van der Waals surface area contributed by atoms with Crippen LogP contribution in [0.3, 0.4) is 0 Å². The zero-order valence-electron chi connectivity index (χ0n) is 14.6. The maximum atomic E-state index is 11.4. The summed E-state index contributed by atoms with van der Waals surface area (Å²) in [4.78, 5) is 22.9. The summed E-state index contributed by atoms with van der Waals surface area (Å²) in [5.41, 5.74) is 5.06. The Kier molecular flexibility index (Phi) is 4.28. The molecule has 1 aliphatic carbocycles. The van der Waals surface area contributed by atoms with E-state index in [0.717, 1.165) is 28.2 Å². The molecule has 2 aromatic carbocycles. The van der Waals surface area contributed by atoms with E-state index in [0.29, 0.717) is 19.3 Å². The van der Waals surface area contributed by atoms with Gasteiger partial charge in [0.25, 0.3) is 0 Å². The normalized spacial score (nSPS) is 15.9. The van der Waals surface area contributed by atoms with Crippen molar-refractivity contribution < 1.29 is 19.8 Å². The molecule has 0 saturated carbocycles. The first-order valence-corrected chi connectivity index (χ1v) is 8.90. The topological polar surface area (TPSA) is 79.5 Å². The smallest absolute Gasteiger partial charge is 0.335 e. The van der Waals surface area contributed by atoms with Crippen LogP contribution in [-0.2, 0) is 17.6 Å². The molecule has 0 radical (unpaired) electrons. The van der Waals surface area contributed by atoms with Crippen LogP contribution >= 0.6 is 0 Å². The minimum absolute atomic E-state index is 0.230. The van der Waals surface area contributed by atoms with Crippen molar-refractivity contribution in [2.24, 2.45) is 5.92 Å². The van der Waals surface area contributed by atoms with Crippen LogP contribution < -0.4 is 0 Å². The van der Waals surface area contributed by atoms with E-state index < -0.39 is 11.9 Å². The Morgan fingerprint density at radius 2 is 1.74 bits per heavy atom. The number of nitrogens with zero attached hydrogens (tertiary/aromatic N) is 1. The number of carboxylic acids is 2. The molecule has 136 valence electrons. The molecule has 0 fully saturated rings. The molecular weight excluding hydrogens is 342 g/mol. The van der Waals surface area contributed by atoms with Gasteiger partial charge in [-0.2, -0.15) is 0 Å². The van der Waals surface area contributed by atoms with Crippen LogP contribution in [0.15, 0.2) is 60.7 Å². The zero-order chi connectivity index (χ0) is 19.0. The van der Waals surface area contributed by atoms with E-state index >= 15 is 0 Å². The van der Waals surface area contributed by atoms with Crippen LogP contribution in [0, 0.1) is 5.92 Å². The van der Waals surface area contributed by atoms with Gasteiger partial charge in [0.05, 0.1) is 17.2 Å². The van der Waals surface area contributed by atoms with E-state index in [2.05, 4.69) is 4.57 Å². The van der Waals surface area contributed by atoms with E-state index in [9.17, 15) is 19.8 Å². The summed E-state index contributed by atoms with van der Waals surface area (Å²) in [5, 5.41) is 18.8. The van der Waals surface area contributed by atoms with Crippen LogP contribution in [0.2, 0.25) is 0 Å². The number of aromatic carboxylic acids is 1. The highest BCUT2D eigenvalue weighted by atomic mass is 16.4. The predicted molar refractivity (Wildman–Crippen MR) is 101 cm³/mol. The van der Waals surface area contributed by atoms with E-state index in [4.69, 9.17) is 0 Å². The van der Waals surface area contributed by atoms with Gasteiger partial charge in [-0.3, -0.25) is 4.79 Å². The number of hydrogen-bond acceptors (Lipinski definition) is 2. The van der Waals surface area contributed by atoms with Crippen molar-refractivity contribution in [1.29, 1.82) is 0 Å². The van der Waals surface area contributed by atoms with Crippen molar-refractivity contribution >= 4 is 11.9 Å². The Morgan fingerprint density at radius 3 is 2.44 bits per heavy atom. The van der Waals surface area contributed by atoms with Gasteiger partial charge < -0.3 is 14.8 Å². The van der Waals surface area contributed by atoms with Crippen molar-refractivity contribution in [3.63, 3.8) is 0 Å². The molecule has 0 aliphatic heterocycles. The van der Waals surface area contributed by atoms with E-state index in [-0.39, 0.29) is 11.5 Å². The van der Waals surface area contributed by atoms with Crippen LogP contribution in [0.5, 0.6) is 0 Å². The predicted octanol–water partition coefficient (Wildman–Crippen LogP) is 4.03. The molecule has 5 nitrogen and oxygen atoms in total. The summed E-state index contributed by atoms with van der Waals surface area (Å²) >= 11 is 0. The second-order valence-electron chi connectivity index (χ2n) is 6.84. The van der Waals surface area contributed by atoms with Gasteiger partial charge in [0.2, 0.25) is 0 Å². The maximum Gasteiger partial charge on any atom is 0.335 e. The van der Waals surface area contributed by atoms with Crippen molar-refractivity contribution in [3.05, 3.63) is 77.5 Å². The number of benzene rings is 2. The number of fused-ring (bicyclic) bond motifs is 1. The second kappa shape index (κ2) is 6.76. The lowest BCUT2D eigenvalue weighted by molar-refractivity contribution is -0.142. The third kappa shape index (κ3) is 3.12. The van der Waals surface area contributed by atoms with Gasteiger partial charge in [-0.1, -0.05) is 36.4 Å². The molecule has 0 bridgehead atoms. The van der Waals surface area contributed by atoms with Gasteiger partial charge >= 0.3 is 11.9 Å². The van der Waals surface area contributed by atoms with Crippen LogP contribution in [0.4, 0.5) is 0 Å². The van der Waals surface area contributed by atoms with Gasteiger partial charge in [0, 0.05) is 11.4 Å². The fraction of sp³-hybridized carbons (Fsp3) is 0.182. The summed E-state index contributed by atoms with van der Waals surface area (Å²) in [7, 11) is 0. The lowest BCUT2D eigenvalue weighted by Crippen LogP contribution is -2.22. The molecule has 4 rings (SSSR count). The molecular formula is C22H19NO4. The van der Waals surface area contributed by atoms with Gasteiger partial charge in [-0.25, -0.2) is 4.79 Å². The van der Waals surface area contributed by atoms with Crippen LogP contribution in [-0.4, -0.2) is 26.7 Å². The number of aliphatic carboxylic acids is 1. The number of carbonyl (C=O) groups is 2. The SMILES string of the molecule is O=C(O)c1cccc(-n2c(-c3ccccc3)cc3c2CCC(C(=O)O)C3)c1. The van der Waals surface area contributed by atoms with Crippen molar-refractivity contribution in [2.75, 3.05) is 0 Å². The Balaban J connectivity index is 1.91. The molecule has 1 atom stereocenters. The molecule has 0 saturated heterocycles. The fourth-order valence-electron chi connectivity index (χ4n) is 3.83. The average molecular weight is 361 g/mol. The first kappa shape index (κ1) is 17.1. The highest BCUT2D eigenvalue weighted by molar-refractivity contribution is 5.88. The van der Waals surface area contributed by atoms with Crippen LogP contribution in [0.25, 0.3) is 16.9 Å². The molecule has 0 amide bonds. The van der Waals surface area contributed by atoms with Gasteiger partial charge in [0.15, 0.2) is 0 Å². The number of rotatable bonds is 4. The lowest BCUT2D eigenvalue weighted by Gasteiger charge is -2.21. The van der Waals surface area contributed by atoms with Gasteiger partial charge in [-0.05, 0) is 54.7 Å². The minimum atomic E-state index is -0.968.